The minimum absolute atomic E-state index is 0.609. The van der Waals surface area contributed by atoms with Gasteiger partial charge in [0.15, 0.2) is 5.13 Å². The Morgan fingerprint density at radius 1 is 1.05 bits per heavy atom. The van der Waals surface area contributed by atoms with Gasteiger partial charge in [-0.05, 0) is 18.2 Å². The summed E-state index contributed by atoms with van der Waals surface area (Å²) in [4.78, 5) is 4.36. The molecule has 0 spiro atoms. The van der Waals surface area contributed by atoms with E-state index < -0.39 is 0 Å². The van der Waals surface area contributed by atoms with E-state index in [2.05, 4.69) is 59.1 Å². The van der Waals surface area contributed by atoms with Gasteiger partial charge in [-0.3, -0.25) is 0 Å². The molecule has 0 aliphatic rings. The second-order valence-corrected chi connectivity index (χ2v) is 5.77. The highest BCUT2D eigenvalue weighted by Gasteiger charge is 2.10. The maximum atomic E-state index is 5.73. The van der Waals surface area contributed by atoms with Crippen LogP contribution in [0, 0.1) is 0 Å². The second kappa shape index (κ2) is 4.08. The molecule has 0 radical (unpaired) electrons. The Balaban J connectivity index is 2.06. The Labute approximate surface area is 120 Å². The third kappa shape index (κ3) is 1.55. The number of nitrogen functional groups attached to an aromatic ring is 1. The minimum Gasteiger partial charge on any atom is -0.375 e. The highest BCUT2D eigenvalue weighted by Crippen LogP contribution is 2.32. The molecule has 0 atom stereocenters. The molecule has 4 rings (SSSR count). The number of hydrogen-bond acceptors (Lipinski definition) is 3. The van der Waals surface area contributed by atoms with E-state index in [0.29, 0.717) is 5.13 Å². The van der Waals surface area contributed by atoms with Gasteiger partial charge in [0.1, 0.15) is 0 Å². The van der Waals surface area contributed by atoms with Gasteiger partial charge in [0.25, 0.3) is 0 Å². The van der Waals surface area contributed by atoms with Gasteiger partial charge in [-0.15, -0.1) is 11.3 Å². The zero-order valence-electron chi connectivity index (χ0n) is 11.0. The van der Waals surface area contributed by atoms with Gasteiger partial charge in [-0.25, -0.2) is 4.98 Å². The fourth-order valence-corrected chi connectivity index (χ4v) is 3.32. The summed E-state index contributed by atoms with van der Waals surface area (Å²) in [5, 5.41) is 5.14. The van der Waals surface area contributed by atoms with Gasteiger partial charge in [0.2, 0.25) is 0 Å². The fraction of sp³-hybridized carbons (Fsp3) is 0.0625. The number of rotatable bonds is 1. The summed E-state index contributed by atoms with van der Waals surface area (Å²) in [6.07, 6.45) is 0. The van der Waals surface area contributed by atoms with Crippen LogP contribution < -0.4 is 5.73 Å². The van der Waals surface area contributed by atoms with E-state index in [0.717, 1.165) is 11.3 Å². The standard InChI is InChI=1S/C16H13N3S/c1-19-14-5-3-2-4-11(14)12-8-10(6-7-15(12)19)13-9-20-16(17)18-13/h2-9H,1H3,(H2,17,18). The molecule has 0 aliphatic carbocycles. The smallest absolute Gasteiger partial charge is 0.180 e. The molecule has 0 fully saturated rings. The first-order valence-corrected chi connectivity index (χ1v) is 7.30. The molecule has 3 nitrogen and oxygen atoms in total. The summed E-state index contributed by atoms with van der Waals surface area (Å²) in [7, 11) is 2.10. The molecule has 2 aromatic carbocycles. The SMILES string of the molecule is Cn1c2ccccc2c2cc(-c3csc(N)n3)ccc21. The second-order valence-electron chi connectivity index (χ2n) is 4.88. The predicted molar refractivity (Wildman–Crippen MR) is 85.9 cm³/mol. The number of fused-ring (bicyclic) bond motifs is 3. The number of anilines is 1. The summed E-state index contributed by atoms with van der Waals surface area (Å²) in [5.41, 5.74) is 10.3. The monoisotopic (exact) mass is 279 g/mol. The lowest BCUT2D eigenvalue weighted by molar-refractivity contribution is 1.01. The van der Waals surface area contributed by atoms with Crippen LogP contribution in [0.5, 0.6) is 0 Å². The average Bonchev–Trinajstić information content (AvgIpc) is 3.03. The van der Waals surface area contributed by atoms with Crippen molar-refractivity contribution in [2.45, 2.75) is 0 Å². The van der Waals surface area contributed by atoms with Crippen molar-refractivity contribution in [2.24, 2.45) is 7.05 Å². The molecular formula is C16H13N3S. The maximum absolute atomic E-state index is 5.73. The maximum Gasteiger partial charge on any atom is 0.180 e. The van der Waals surface area contributed by atoms with Gasteiger partial charge in [0, 0.05) is 39.8 Å². The molecule has 0 amide bonds. The van der Waals surface area contributed by atoms with E-state index in [4.69, 9.17) is 5.73 Å². The van der Waals surface area contributed by atoms with Crippen LogP contribution in [0.1, 0.15) is 0 Å². The van der Waals surface area contributed by atoms with Crippen molar-refractivity contribution in [3.05, 3.63) is 47.8 Å². The van der Waals surface area contributed by atoms with Crippen molar-refractivity contribution in [2.75, 3.05) is 5.73 Å². The Hall–Kier alpha value is -2.33. The third-order valence-electron chi connectivity index (χ3n) is 3.73. The van der Waals surface area contributed by atoms with Crippen LogP contribution in [-0.4, -0.2) is 9.55 Å². The van der Waals surface area contributed by atoms with Crippen LogP contribution in [0.15, 0.2) is 47.8 Å². The topological polar surface area (TPSA) is 43.8 Å². The van der Waals surface area contributed by atoms with E-state index in [1.165, 1.54) is 33.1 Å². The molecule has 0 bridgehead atoms. The molecule has 4 heteroatoms. The number of thiazole rings is 1. The van der Waals surface area contributed by atoms with Crippen molar-refractivity contribution in [3.8, 4) is 11.3 Å². The number of benzene rings is 2. The number of aromatic nitrogens is 2. The van der Waals surface area contributed by atoms with Crippen LogP contribution in [0.2, 0.25) is 0 Å². The predicted octanol–water partition coefficient (Wildman–Crippen LogP) is 4.04. The third-order valence-corrected chi connectivity index (χ3v) is 4.41. The summed E-state index contributed by atoms with van der Waals surface area (Å²) in [5.74, 6) is 0. The van der Waals surface area contributed by atoms with Crippen LogP contribution in [0.4, 0.5) is 5.13 Å². The fourth-order valence-electron chi connectivity index (χ4n) is 2.75. The molecule has 2 N–H and O–H groups in total. The lowest BCUT2D eigenvalue weighted by atomic mass is 10.1. The van der Waals surface area contributed by atoms with Crippen molar-refractivity contribution in [1.82, 2.24) is 9.55 Å². The summed E-state index contributed by atoms with van der Waals surface area (Å²) in [6.45, 7) is 0. The normalized spacial score (nSPS) is 11.4. The molecule has 0 unspecified atom stereocenters. The first-order valence-electron chi connectivity index (χ1n) is 6.42. The number of nitrogens with two attached hydrogens (primary N) is 1. The van der Waals surface area contributed by atoms with Crippen LogP contribution in [0.3, 0.4) is 0 Å². The Morgan fingerprint density at radius 3 is 2.65 bits per heavy atom. The van der Waals surface area contributed by atoms with E-state index in [1.54, 1.807) is 0 Å². The quantitative estimate of drug-likeness (QED) is 0.571. The first-order chi connectivity index (χ1) is 9.74. The summed E-state index contributed by atoms with van der Waals surface area (Å²) < 4.78 is 2.23. The molecule has 0 aliphatic heterocycles. The van der Waals surface area contributed by atoms with E-state index >= 15 is 0 Å². The van der Waals surface area contributed by atoms with Gasteiger partial charge in [-0.1, -0.05) is 24.3 Å². The molecule has 4 aromatic rings. The molecule has 2 aromatic heterocycles. The number of aryl methyl sites for hydroxylation is 1. The summed E-state index contributed by atoms with van der Waals surface area (Å²) in [6, 6.07) is 14.9. The molecule has 2 heterocycles. The van der Waals surface area contributed by atoms with Gasteiger partial charge in [0.05, 0.1) is 5.69 Å². The lowest BCUT2D eigenvalue weighted by Gasteiger charge is -1.99. The highest BCUT2D eigenvalue weighted by molar-refractivity contribution is 7.13. The van der Waals surface area contributed by atoms with Crippen LogP contribution in [0.25, 0.3) is 33.1 Å². The molecule has 0 saturated carbocycles. The Morgan fingerprint density at radius 2 is 1.85 bits per heavy atom. The Kier molecular flexibility index (Phi) is 2.35. The lowest BCUT2D eigenvalue weighted by Crippen LogP contribution is -1.86. The molecule has 20 heavy (non-hydrogen) atoms. The number of nitrogens with zero attached hydrogens (tertiary/aromatic N) is 2. The zero-order chi connectivity index (χ0) is 13.7. The highest BCUT2D eigenvalue weighted by atomic mass is 32.1. The van der Waals surface area contributed by atoms with Gasteiger partial charge >= 0.3 is 0 Å². The van der Waals surface area contributed by atoms with Gasteiger partial charge < -0.3 is 10.3 Å². The summed E-state index contributed by atoms with van der Waals surface area (Å²) >= 11 is 1.47. The largest absolute Gasteiger partial charge is 0.375 e. The number of para-hydroxylation sites is 1. The minimum atomic E-state index is 0.609. The Bertz CT molecular complexity index is 933. The van der Waals surface area contributed by atoms with E-state index in [-0.39, 0.29) is 0 Å². The van der Waals surface area contributed by atoms with Gasteiger partial charge in [-0.2, -0.15) is 0 Å². The first kappa shape index (κ1) is 11.5. The van der Waals surface area contributed by atoms with Crippen molar-refractivity contribution in [1.29, 1.82) is 0 Å². The zero-order valence-corrected chi connectivity index (χ0v) is 11.8. The molecular weight excluding hydrogens is 266 g/mol. The van der Waals surface area contributed by atoms with Crippen molar-refractivity contribution < 1.29 is 0 Å². The van der Waals surface area contributed by atoms with Crippen molar-refractivity contribution >= 4 is 38.3 Å². The molecule has 0 saturated heterocycles. The van der Waals surface area contributed by atoms with Crippen LogP contribution in [-0.2, 0) is 7.05 Å². The van der Waals surface area contributed by atoms with Crippen LogP contribution >= 0.6 is 11.3 Å². The number of hydrogen-bond donors (Lipinski definition) is 1. The van der Waals surface area contributed by atoms with E-state index in [9.17, 15) is 0 Å². The molecule has 98 valence electrons. The van der Waals surface area contributed by atoms with E-state index in [1.807, 2.05) is 5.38 Å². The van der Waals surface area contributed by atoms with Crippen molar-refractivity contribution in [3.63, 3.8) is 0 Å². The average molecular weight is 279 g/mol.